The molecular weight excluding hydrogens is 281 g/mol. The van der Waals surface area contributed by atoms with Gasteiger partial charge in [-0.3, -0.25) is 4.79 Å². The summed E-state index contributed by atoms with van der Waals surface area (Å²) < 4.78 is 39.5. The number of amides is 1. The van der Waals surface area contributed by atoms with Crippen LogP contribution >= 0.6 is 0 Å². The molecule has 2 fully saturated rings. The molecule has 2 aliphatic heterocycles. The van der Waals surface area contributed by atoms with E-state index in [1.54, 1.807) is 11.0 Å². The van der Waals surface area contributed by atoms with Crippen LogP contribution in [0, 0.1) is 5.92 Å². The van der Waals surface area contributed by atoms with E-state index in [4.69, 9.17) is 0 Å². The minimum absolute atomic E-state index is 0.0902. The zero-order chi connectivity index (χ0) is 14.8. The Kier molecular flexibility index (Phi) is 2.64. The summed E-state index contributed by atoms with van der Waals surface area (Å²) >= 11 is 0. The highest BCUT2D eigenvalue weighted by Crippen LogP contribution is 2.48. The average molecular weight is 296 g/mol. The number of alkyl halides is 3. The summed E-state index contributed by atoms with van der Waals surface area (Å²) in [4.78, 5) is 14.1. The van der Waals surface area contributed by atoms with Gasteiger partial charge in [-0.2, -0.15) is 13.2 Å². The molecule has 0 bridgehead atoms. The maximum absolute atomic E-state index is 13.2. The van der Waals surface area contributed by atoms with E-state index in [0.717, 1.165) is 18.9 Å². The molecule has 3 aliphatic rings. The second kappa shape index (κ2) is 4.22. The Hall–Kier alpha value is -1.56. The van der Waals surface area contributed by atoms with Crippen LogP contribution in [0.15, 0.2) is 18.2 Å². The number of hydrogen-bond donors (Lipinski definition) is 1. The third kappa shape index (κ3) is 1.88. The molecule has 4 rings (SSSR count). The van der Waals surface area contributed by atoms with Crippen molar-refractivity contribution in [2.45, 2.75) is 31.1 Å². The minimum atomic E-state index is -4.49. The summed E-state index contributed by atoms with van der Waals surface area (Å²) in [7, 11) is 0. The van der Waals surface area contributed by atoms with Crippen LogP contribution in [-0.4, -0.2) is 29.9 Å². The lowest BCUT2D eigenvalue weighted by Crippen LogP contribution is -2.52. The largest absolute Gasteiger partial charge is 0.417 e. The number of carbonyl (C=O) groups is 1. The predicted octanol–water partition coefficient (Wildman–Crippen LogP) is 2.58. The van der Waals surface area contributed by atoms with Gasteiger partial charge in [-0.05, 0) is 30.4 Å². The normalized spacial score (nSPS) is 28.5. The molecule has 21 heavy (non-hydrogen) atoms. The molecule has 1 saturated carbocycles. The van der Waals surface area contributed by atoms with Crippen molar-refractivity contribution < 1.29 is 18.0 Å². The third-order valence-corrected chi connectivity index (χ3v) is 4.73. The number of benzene rings is 1. The molecule has 6 heteroatoms. The van der Waals surface area contributed by atoms with Gasteiger partial charge in [0.1, 0.15) is 0 Å². The molecule has 0 spiro atoms. The standard InChI is InChI=1S/C15H15F3N2O/c16-15(17,18)10-3-1-2-9-11(10)14(21)20-7-6-19-12(13(9)20)8-4-5-8/h1-3,8,12-13,19H,4-7H2/t12-,13+/m0/s1. The fraction of sp³-hybridized carbons (Fsp3) is 0.533. The van der Waals surface area contributed by atoms with Crippen molar-refractivity contribution >= 4 is 5.91 Å². The van der Waals surface area contributed by atoms with Crippen molar-refractivity contribution in [3.05, 3.63) is 34.9 Å². The van der Waals surface area contributed by atoms with E-state index in [9.17, 15) is 18.0 Å². The topological polar surface area (TPSA) is 32.3 Å². The first-order valence-electron chi connectivity index (χ1n) is 7.23. The first-order chi connectivity index (χ1) is 9.98. The number of nitrogens with zero attached hydrogens (tertiary/aromatic N) is 1. The molecule has 0 unspecified atom stereocenters. The summed E-state index contributed by atoms with van der Waals surface area (Å²) in [5, 5.41) is 3.40. The fourth-order valence-electron chi connectivity index (χ4n) is 3.70. The van der Waals surface area contributed by atoms with Crippen molar-refractivity contribution in [1.82, 2.24) is 10.2 Å². The van der Waals surface area contributed by atoms with Crippen molar-refractivity contribution in [2.24, 2.45) is 5.92 Å². The number of rotatable bonds is 1. The van der Waals surface area contributed by atoms with Crippen molar-refractivity contribution in [3.63, 3.8) is 0 Å². The number of fused-ring (bicyclic) bond motifs is 3. The number of piperazine rings is 1. The molecule has 1 amide bonds. The monoisotopic (exact) mass is 296 g/mol. The van der Waals surface area contributed by atoms with Crippen LogP contribution < -0.4 is 5.32 Å². The number of carbonyl (C=O) groups excluding carboxylic acids is 1. The lowest BCUT2D eigenvalue weighted by Gasteiger charge is -2.38. The van der Waals surface area contributed by atoms with E-state index >= 15 is 0 Å². The van der Waals surface area contributed by atoms with E-state index in [-0.39, 0.29) is 17.6 Å². The average Bonchev–Trinajstić information content (AvgIpc) is 3.24. The van der Waals surface area contributed by atoms with Crippen LogP contribution in [-0.2, 0) is 6.18 Å². The van der Waals surface area contributed by atoms with Gasteiger partial charge in [0.05, 0.1) is 17.2 Å². The Bertz CT molecular complexity index is 609. The molecule has 0 aromatic heterocycles. The highest BCUT2D eigenvalue weighted by Gasteiger charge is 2.51. The highest BCUT2D eigenvalue weighted by molar-refractivity contribution is 6.01. The second-order valence-corrected chi connectivity index (χ2v) is 6.03. The van der Waals surface area contributed by atoms with E-state index in [0.29, 0.717) is 24.6 Å². The first kappa shape index (κ1) is 13.1. The molecule has 1 aromatic rings. The second-order valence-electron chi connectivity index (χ2n) is 6.03. The molecule has 2 atom stereocenters. The predicted molar refractivity (Wildman–Crippen MR) is 69.7 cm³/mol. The Morgan fingerprint density at radius 3 is 2.67 bits per heavy atom. The molecule has 1 N–H and O–H groups in total. The number of halogens is 3. The fourth-order valence-corrected chi connectivity index (χ4v) is 3.70. The van der Waals surface area contributed by atoms with Crippen LogP contribution in [0.1, 0.15) is 40.4 Å². The van der Waals surface area contributed by atoms with E-state index in [2.05, 4.69) is 5.32 Å². The van der Waals surface area contributed by atoms with Crippen LogP contribution in [0.4, 0.5) is 13.2 Å². The summed E-state index contributed by atoms with van der Waals surface area (Å²) in [6, 6.07) is 3.95. The molecule has 1 saturated heterocycles. The van der Waals surface area contributed by atoms with Gasteiger partial charge in [0.15, 0.2) is 0 Å². The van der Waals surface area contributed by atoms with Gasteiger partial charge in [-0.15, -0.1) is 0 Å². The summed E-state index contributed by atoms with van der Waals surface area (Å²) in [5.41, 5.74) is -0.391. The van der Waals surface area contributed by atoms with Gasteiger partial charge in [0, 0.05) is 19.1 Å². The van der Waals surface area contributed by atoms with Gasteiger partial charge in [-0.25, -0.2) is 0 Å². The van der Waals surface area contributed by atoms with E-state index in [1.165, 1.54) is 6.07 Å². The quantitative estimate of drug-likeness (QED) is 0.864. The Morgan fingerprint density at radius 1 is 1.24 bits per heavy atom. The molecule has 3 nitrogen and oxygen atoms in total. The minimum Gasteiger partial charge on any atom is -0.329 e. The SMILES string of the molecule is O=C1c2c(cccc2C(F)(F)F)[C@@H]2[C@H](C3CC3)NCCN12. The van der Waals surface area contributed by atoms with E-state index < -0.39 is 17.6 Å². The van der Waals surface area contributed by atoms with Crippen LogP contribution in [0.2, 0.25) is 0 Å². The maximum Gasteiger partial charge on any atom is 0.417 e. The number of nitrogens with one attached hydrogen (secondary N) is 1. The van der Waals surface area contributed by atoms with Crippen molar-refractivity contribution in [3.8, 4) is 0 Å². The zero-order valence-electron chi connectivity index (χ0n) is 11.3. The van der Waals surface area contributed by atoms with Gasteiger partial charge in [-0.1, -0.05) is 12.1 Å². The smallest absolute Gasteiger partial charge is 0.329 e. The molecular formula is C15H15F3N2O. The molecule has 1 aliphatic carbocycles. The molecule has 0 radical (unpaired) electrons. The van der Waals surface area contributed by atoms with Crippen LogP contribution in [0.3, 0.4) is 0 Å². The van der Waals surface area contributed by atoms with Gasteiger partial charge < -0.3 is 10.2 Å². The van der Waals surface area contributed by atoms with Crippen molar-refractivity contribution in [1.29, 1.82) is 0 Å². The Balaban J connectivity index is 1.85. The maximum atomic E-state index is 13.2. The molecule has 112 valence electrons. The Labute approximate surface area is 120 Å². The zero-order valence-corrected chi connectivity index (χ0v) is 11.3. The number of hydrogen-bond acceptors (Lipinski definition) is 2. The lowest BCUT2D eigenvalue weighted by molar-refractivity contribution is -0.137. The summed E-state index contributed by atoms with van der Waals surface area (Å²) in [6.07, 6.45) is -2.31. The van der Waals surface area contributed by atoms with Crippen LogP contribution in [0.25, 0.3) is 0 Å². The Morgan fingerprint density at radius 2 is 2.00 bits per heavy atom. The summed E-state index contributed by atoms with van der Waals surface area (Å²) in [5.74, 6) is 0.0150. The summed E-state index contributed by atoms with van der Waals surface area (Å²) in [6.45, 7) is 1.12. The third-order valence-electron chi connectivity index (χ3n) is 4.73. The van der Waals surface area contributed by atoms with E-state index in [1.807, 2.05) is 0 Å². The van der Waals surface area contributed by atoms with Crippen LogP contribution in [0.5, 0.6) is 0 Å². The van der Waals surface area contributed by atoms with Gasteiger partial charge >= 0.3 is 6.18 Å². The highest BCUT2D eigenvalue weighted by atomic mass is 19.4. The first-order valence-corrected chi connectivity index (χ1v) is 7.23. The van der Waals surface area contributed by atoms with Gasteiger partial charge in [0.25, 0.3) is 5.91 Å². The van der Waals surface area contributed by atoms with Gasteiger partial charge in [0.2, 0.25) is 0 Å². The lowest BCUT2D eigenvalue weighted by atomic mass is 9.92. The van der Waals surface area contributed by atoms with Crippen molar-refractivity contribution in [2.75, 3.05) is 13.1 Å². The molecule has 2 heterocycles. The molecule has 1 aromatic carbocycles.